The molecule has 0 saturated heterocycles. The first kappa shape index (κ1) is 13.1. The molecule has 0 atom stereocenters. The van der Waals surface area contributed by atoms with Crippen molar-refractivity contribution in [1.82, 2.24) is 4.98 Å². The lowest BCUT2D eigenvalue weighted by molar-refractivity contribution is 0.804. The monoisotopic (exact) mass is 329 g/mol. The Kier molecular flexibility index (Phi) is 4.60. The smallest absolute Gasteiger partial charge is 0.160 e. The minimum atomic E-state index is 0.762. The first-order valence-corrected chi connectivity index (χ1v) is 7.60. The van der Waals surface area contributed by atoms with E-state index in [-0.39, 0.29) is 0 Å². The molecule has 0 unspecified atom stereocenters. The maximum Gasteiger partial charge on any atom is 0.160 e. The summed E-state index contributed by atoms with van der Waals surface area (Å²) in [5.41, 5.74) is 2.23. The van der Waals surface area contributed by atoms with Gasteiger partial charge in [0.05, 0.1) is 5.69 Å². The van der Waals surface area contributed by atoms with E-state index in [1.807, 2.05) is 24.3 Å². The van der Waals surface area contributed by atoms with Crippen molar-refractivity contribution in [3.8, 4) is 11.3 Å². The minimum Gasteiger partial charge on any atom is -0.229 e. The summed E-state index contributed by atoms with van der Waals surface area (Å²) < 4.78 is 0.952. The average molecular weight is 331 g/mol. The van der Waals surface area contributed by atoms with Gasteiger partial charge in [-0.05, 0) is 40.9 Å². The van der Waals surface area contributed by atoms with Crippen LogP contribution in [0.15, 0.2) is 28.2 Å². The van der Waals surface area contributed by atoms with Gasteiger partial charge in [-0.2, -0.15) is 0 Å². The molecule has 1 nitrogen and oxygen atoms in total. The van der Waals surface area contributed by atoms with E-state index in [4.69, 9.17) is 11.6 Å². The fourth-order valence-corrected chi connectivity index (χ4v) is 3.40. The lowest BCUT2D eigenvalue weighted by atomic mass is 10.1. The van der Waals surface area contributed by atoms with E-state index in [9.17, 15) is 0 Å². The highest BCUT2D eigenvalue weighted by atomic mass is 79.9. The molecule has 0 saturated carbocycles. The molecular weight excluding hydrogens is 318 g/mol. The molecule has 1 aromatic carbocycles. The summed E-state index contributed by atoms with van der Waals surface area (Å²) in [5, 5.41) is 0.762. The van der Waals surface area contributed by atoms with Gasteiger partial charge in [0.1, 0.15) is 0 Å². The third-order valence-electron chi connectivity index (χ3n) is 2.55. The topological polar surface area (TPSA) is 12.9 Å². The molecule has 1 aromatic heterocycles. The number of benzene rings is 1. The molecule has 0 amide bonds. The molecule has 0 spiro atoms. The number of hydrogen-bond acceptors (Lipinski definition) is 2. The van der Waals surface area contributed by atoms with Crippen LogP contribution in [0, 0.1) is 0 Å². The number of nitrogens with zero attached hydrogens (tertiary/aromatic N) is 1. The Hall–Kier alpha value is -0.380. The van der Waals surface area contributed by atoms with Crippen LogP contribution in [0.3, 0.4) is 0 Å². The summed E-state index contributed by atoms with van der Waals surface area (Å²) in [5.74, 6) is 0. The Balaban J connectivity index is 2.33. The number of aryl methyl sites for hydroxylation is 1. The second-order valence-electron chi connectivity index (χ2n) is 3.85. The van der Waals surface area contributed by atoms with Gasteiger partial charge >= 0.3 is 0 Å². The zero-order valence-corrected chi connectivity index (χ0v) is 12.7. The van der Waals surface area contributed by atoms with Crippen LogP contribution in [0.25, 0.3) is 11.3 Å². The molecule has 0 aliphatic heterocycles. The minimum absolute atomic E-state index is 0.762. The maximum atomic E-state index is 5.90. The van der Waals surface area contributed by atoms with Crippen molar-refractivity contribution in [2.75, 3.05) is 0 Å². The van der Waals surface area contributed by atoms with Crippen LogP contribution in [0.2, 0.25) is 5.02 Å². The van der Waals surface area contributed by atoms with Gasteiger partial charge in [0.15, 0.2) is 3.92 Å². The number of rotatable bonds is 4. The van der Waals surface area contributed by atoms with E-state index < -0.39 is 0 Å². The highest BCUT2D eigenvalue weighted by molar-refractivity contribution is 9.11. The lowest BCUT2D eigenvalue weighted by Crippen LogP contribution is -1.86. The number of thiazole rings is 1. The second kappa shape index (κ2) is 5.98. The molecule has 0 N–H and O–H groups in total. The fourth-order valence-electron chi connectivity index (χ4n) is 1.66. The van der Waals surface area contributed by atoms with Crippen molar-refractivity contribution in [3.05, 3.63) is 38.1 Å². The first-order valence-electron chi connectivity index (χ1n) is 5.62. The summed E-state index contributed by atoms with van der Waals surface area (Å²) in [4.78, 5) is 5.90. The number of unbranched alkanes of at least 4 members (excludes halogenated alkanes) is 1. The van der Waals surface area contributed by atoms with Gasteiger partial charge in [0.2, 0.25) is 0 Å². The zero-order valence-electron chi connectivity index (χ0n) is 9.54. The van der Waals surface area contributed by atoms with E-state index in [2.05, 4.69) is 27.8 Å². The second-order valence-corrected chi connectivity index (χ2v) is 6.65. The maximum absolute atomic E-state index is 5.90. The standard InChI is InChI=1S/C13H13BrClNS/c1-2-3-4-11-12(16-13(14)17-11)9-5-7-10(15)8-6-9/h5-8H,2-4H2,1H3. The van der Waals surface area contributed by atoms with Crippen LogP contribution in [0.5, 0.6) is 0 Å². The van der Waals surface area contributed by atoms with Gasteiger partial charge in [-0.1, -0.05) is 37.1 Å². The quantitative estimate of drug-likeness (QED) is 0.714. The number of halogens is 2. The Morgan fingerprint density at radius 2 is 2.00 bits per heavy atom. The molecule has 2 rings (SSSR count). The normalized spacial score (nSPS) is 10.8. The molecular formula is C13H13BrClNS. The third-order valence-corrected chi connectivity index (χ3v) is 4.36. The van der Waals surface area contributed by atoms with Crippen molar-refractivity contribution in [2.45, 2.75) is 26.2 Å². The van der Waals surface area contributed by atoms with Gasteiger partial charge in [-0.25, -0.2) is 4.98 Å². The van der Waals surface area contributed by atoms with Crippen LogP contribution < -0.4 is 0 Å². The van der Waals surface area contributed by atoms with E-state index in [1.165, 1.54) is 17.7 Å². The van der Waals surface area contributed by atoms with E-state index in [0.717, 1.165) is 26.6 Å². The van der Waals surface area contributed by atoms with E-state index in [0.29, 0.717) is 0 Å². The predicted molar refractivity (Wildman–Crippen MR) is 78.9 cm³/mol. The molecule has 17 heavy (non-hydrogen) atoms. The first-order chi connectivity index (χ1) is 8.20. The summed E-state index contributed by atoms with van der Waals surface area (Å²) >= 11 is 11.1. The lowest BCUT2D eigenvalue weighted by Gasteiger charge is -2.01. The van der Waals surface area contributed by atoms with Crippen LogP contribution in [-0.4, -0.2) is 4.98 Å². The van der Waals surface area contributed by atoms with Gasteiger partial charge in [0.25, 0.3) is 0 Å². The van der Waals surface area contributed by atoms with Gasteiger partial charge in [0, 0.05) is 15.5 Å². The largest absolute Gasteiger partial charge is 0.229 e. The predicted octanol–water partition coefficient (Wildman–Crippen LogP) is 5.57. The van der Waals surface area contributed by atoms with Crippen molar-refractivity contribution in [3.63, 3.8) is 0 Å². The number of hydrogen-bond donors (Lipinski definition) is 0. The van der Waals surface area contributed by atoms with Crippen LogP contribution in [0.4, 0.5) is 0 Å². The van der Waals surface area contributed by atoms with Crippen LogP contribution in [0.1, 0.15) is 24.6 Å². The molecule has 0 aliphatic rings. The highest BCUT2D eigenvalue weighted by Gasteiger charge is 2.11. The average Bonchev–Trinajstić information content (AvgIpc) is 2.69. The summed E-state index contributed by atoms with van der Waals surface area (Å²) in [7, 11) is 0. The summed E-state index contributed by atoms with van der Waals surface area (Å²) in [6.45, 7) is 2.21. The molecule has 0 radical (unpaired) electrons. The van der Waals surface area contributed by atoms with Crippen molar-refractivity contribution in [1.29, 1.82) is 0 Å². The zero-order chi connectivity index (χ0) is 12.3. The molecule has 0 bridgehead atoms. The Morgan fingerprint density at radius 1 is 1.29 bits per heavy atom. The van der Waals surface area contributed by atoms with E-state index in [1.54, 1.807) is 11.3 Å². The fraction of sp³-hybridized carbons (Fsp3) is 0.308. The van der Waals surface area contributed by atoms with Crippen molar-refractivity contribution < 1.29 is 0 Å². The van der Waals surface area contributed by atoms with E-state index >= 15 is 0 Å². The molecule has 0 aliphatic carbocycles. The molecule has 0 fully saturated rings. The van der Waals surface area contributed by atoms with Crippen molar-refractivity contribution >= 4 is 38.9 Å². The number of aromatic nitrogens is 1. The third kappa shape index (κ3) is 3.30. The molecule has 2 aromatic rings. The molecule has 90 valence electrons. The van der Waals surface area contributed by atoms with Crippen LogP contribution >= 0.6 is 38.9 Å². The van der Waals surface area contributed by atoms with Crippen LogP contribution in [-0.2, 0) is 6.42 Å². The van der Waals surface area contributed by atoms with Gasteiger partial charge < -0.3 is 0 Å². The Morgan fingerprint density at radius 3 is 2.65 bits per heavy atom. The summed E-state index contributed by atoms with van der Waals surface area (Å²) in [6.07, 6.45) is 3.50. The molecule has 1 heterocycles. The van der Waals surface area contributed by atoms with Crippen molar-refractivity contribution in [2.24, 2.45) is 0 Å². The Labute approximate surface area is 119 Å². The Bertz CT molecular complexity index is 493. The summed E-state index contributed by atoms with van der Waals surface area (Å²) in [6, 6.07) is 7.88. The van der Waals surface area contributed by atoms with Gasteiger partial charge in [-0.15, -0.1) is 11.3 Å². The van der Waals surface area contributed by atoms with Gasteiger partial charge in [-0.3, -0.25) is 0 Å². The highest BCUT2D eigenvalue weighted by Crippen LogP contribution is 2.32. The molecule has 4 heteroatoms. The SMILES string of the molecule is CCCCc1sc(Br)nc1-c1ccc(Cl)cc1.